The van der Waals surface area contributed by atoms with Crippen molar-refractivity contribution in [1.29, 1.82) is 0 Å². The van der Waals surface area contributed by atoms with Crippen LogP contribution in [0.2, 0.25) is 5.15 Å². The van der Waals surface area contributed by atoms with Gasteiger partial charge < -0.3 is 9.84 Å². The molecule has 0 bridgehead atoms. The van der Waals surface area contributed by atoms with E-state index in [4.69, 9.17) is 21.4 Å². The number of pyridine rings is 1. The fourth-order valence-electron chi connectivity index (χ4n) is 1.70. The molecule has 0 saturated carbocycles. The Morgan fingerprint density at radius 3 is 2.95 bits per heavy atom. The molecule has 9 heteroatoms. The molecule has 2 rings (SSSR count). The second kappa shape index (κ2) is 5.41. The molecule has 19 heavy (non-hydrogen) atoms. The number of ether oxygens (including phenoxy) is 1. The Hall–Kier alpha value is -1.22. The summed E-state index contributed by atoms with van der Waals surface area (Å²) in [6.07, 6.45) is 0.208. The number of carbonyl (C=O) groups is 1. The number of nitrogens with zero attached hydrogens (tertiary/aromatic N) is 2. The lowest BCUT2D eigenvalue weighted by Crippen LogP contribution is -2.48. The average Bonchev–Trinajstić information content (AvgIpc) is 2.39. The molecule has 0 spiro atoms. The van der Waals surface area contributed by atoms with E-state index in [1.165, 1.54) is 18.3 Å². The Bertz CT molecular complexity index is 591. The number of sulfonamides is 1. The first-order chi connectivity index (χ1) is 8.93. The van der Waals surface area contributed by atoms with Gasteiger partial charge in [-0.2, -0.15) is 4.31 Å². The first-order valence-corrected chi connectivity index (χ1v) is 7.20. The fourth-order valence-corrected chi connectivity index (χ4v) is 3.55. The third-order valence-electron chi connectivity index (χ3n) is 2.65. The summed E-state index contributed by atoms with van der Waals surface area (Å²) in [4.78, 5) is 14.4. The van der Waals surface area contributed by atoms with Crippen LogP contribution in [0.15, 0.2) is 23.2 Å². The van der Waals surface area contributed by atoms with Crippen LogP contribution in [0.25, 0.3) is 0 Å². The highest BCUT2D eigenvalue weighted by molar-refractivity contribution is 7.89. The van der Waals surface area contributed by atoms with Crippen molar-refractivity contribution in [3.8, 4) is 0 Å². The highest BCUT2D eigenvalue weighted by atomic mass is 35.5. The Morgan fingerprint density at radius 1 is 1.58 bits per heavy atom. The van der Waals surface area contributed by atoms with Gasteiger partial charge in [-0.25, -0.2) is 18.2 Å². The molecule has 1 fully saturated rings. The maximum absolute atomic E-state index is 12.3. The number of rotatable bonds is 3. The highest BCUT2D eigenvalue weighted by Gasteiger charge is 2.35. The van der Waals surface area contributed by atoms with Gasteiger partial charge in [-0.15, -0.1) is 0 Å². The zero-order valence-electron chi connectivity index (χ0n) is 9.69. The van der Waals surface area contributed by atoms with Gasteiger partial charge in [0.05, 0.1) is 13.2 Å². The molecule has 2 heterocycles. The standard InChI is InChI=1S/C10H11ClN2O5S/c11-9-8(2-1-3-12-9)19(16,17)13-4-5-18-7(6-13)10(14)15/h1-3,7H,4-6H2,(H,14,15). The minimum atomic E-state index is -3.86. The van der Waals surface area contributed by atoms with Gasteiger partial charge in [-0.05, 0) is 12.1 Å². The lowest BCUT2D eigenvalue weighted by Gasteiger charge is -2.30. The Balaban J connectivity index is 2.30. The molecular weight excluding hydrogens is 296 g/mol. The molecule has 1 aliphatic heterocycles. The summed E-state index contributed by atoms with van der Waals surface area (Å²) in [6.45, 7) is -0.145. The molecule has 1 aliphatic rings. The number of aromatic nitrogens is 1. The Labute approximate surface area is 114 Å². The molecular formula is C10H11ClN2O5S. The molecule has 1 saturated heterocycles. The summed E-state index contributed by atoms with van der Waals surface area (Å²) in [7, 11) is -3.86. The molecule has 1 unspecified atom stereocenters. The van der Waals surface area contributed by atoms with E-state index in [9.17, 15) is 13.2 Å². The van der Waals surface area contributed by atoms with E-state index < -0.39 is 22.1 Å². The molecule has 0 aromatic carbocycles. The average molecular weight is 307 g/mol. The number of halogens is 1. The number of aliphatic carboxylic acids is 1. The van der Waals surface area contributed by atoms with Crippen molar-refractivity contribution in [3.05, 3.63) is 23.5 Å². The largest absolute Gasteiger partial charge is 0.479 e. The summed E-state index contributed by atoms with van der Waals surface area (Å²) in [5, 5.41) is 8.72. The molecule has 1 aromatic heterocycles. The molecule has 0 aliphatic carbocycles. The van der Waals surface area contributed by atoms with Crippen molar-refractivity contribution in [2.24, 2.45) is 0 Å². The number of carboxylic acid groups (broad SMARTS) is 1. The quantitative estimate of drug-likeness (QED) is 0.802. The van der Waals surface area contributed by atoms with E-state index >= 15 is 0 Å². The van der Waals surface area contributed by atoms with Crippen molar-refractivity contribution in [2.45, 2.75) is 11.0 Å². The molecule has 0 amide bonds. The van der Waals surface area contributed by atoms with Crippen LogP contribution in [0, 0.1) is 0 Å². The van der Waals surface area contributed by atoms with Crippen LogP contribution in [0.1, 0.15) is 0 Å². The van der Waals surface area contributed by atoms with E-state index in [-0.39, 0.29) is 29.7 Å². The smallest absolute Gasteiger partial charge is 0.334 e. The first-order valence-electron chi connectivity index (χ1n) is 5.38. The fraction of sp³-hybridized carbons (Fsp3) is 0.400. The summed E-state index contributed by atoms with van der Waals surface area (Å²) in [6, 6.07) is 2.78. The number of morpholine rings is 1. The molecule has 1 atom stereocenters. The summed E-state index contributed by atoms with van der Waals surface area (Å²) >= 11 is 5.76. The van der Waals surface area contributed by atoms with E-state index in [1.807, 2.05) is 0 Å². The molecule has 1 aromatic rings. The third kappa shape index (κ3) is 2.86. The monoisotopic (exact) mass is 306 g/mol. The minimum Gasteiger partial charge on any atom is -0.479 e. The van der Waals surface area contributed by atoms with Gasteiger partial charge in [0.1, 0.15) is 10.0 Å². The van der Waals surface area contributed by atoms with Gasteiger partial charge in [0.15, 0.2) is 6.10 Å². The van der Waals surface area contributed by atoms with Crippen LogP contribution in [-0.2, 0) is 19.6 Å². The number of hydrogen-bond acceptors (Lipinski definition) is 5. The van der Waals surface area contributed by atoms with E-state index in [0.717, 1.165) is 4.31 Å². The summed E-state index contributed by atoms with van der Waals surface area (Å²) < 4.78 is 30.7. The van der Waals surface area contributed by atoms with E-state index in [0.29, 0.717) is 0 Å². The molecule has 0 radical (unpaired) electrons. The van der Waals surface area contributed by atoms with Crippen LogP contribution in [0.4, 0.5) is 0 Å². The molecule has 104 valence electrons. The van der Waals surface area contributed by atoms with Gasteiger partial charge in [0.25, 0.3) is 0 Å². The third-order valence-corrected chi connectivity index (χ3v) is 4.96. The zero-order chi connectivity index (χ0) is 14.0. The molecule has 7 nitrogen and oxygen atoms in total. The van der Waals surface area contributed by atoms with E-state index in [1.54, 1.807) is 0 Å². The maximum atomic E-state index is 12.3. The van der Waals surface area contributed by atoms with Crippen molar-refractivity contribution < 1.29 is 23.1 Å². The lowest BCUT2D eigenvalue weighted by molar-refractivity contribution is -0.153. The van der Waals surface area contributed by atoms with Crippen molar-refractivity contribution in [2.75, 3.05) is 19.7 Å². The van der Waals surface area contributed by atoms with Crippen LogP contribution in [-0.4, -0.2) is 54.6 Å². The van der Waals surface area contributed by atoms with Crippen LogP contribution in [0.5, 0.6) is 0 Å². The maximum Gasteiger partial charge on any atom is 0.334 e. The summed E-state index contributed by atoms with van der Waals surface area (Å²) in [5.74, 6) is -1.20. The Kier molecular flexibility index (Phi) is 4.04. The second-order valence-electron chi connectivity index (χ2n) is 3.85. The predicted octanol–water partition coefficient (Wildman–Crippen LogP) is 0.209. The van der Waals surface area contributed by atoms with Gasteiger partial charge in [-0.3, -0.25) is 0 Å². The highest BCUT2D eigenvalue weighted by Crippen LogP contribution is 2.23. The van der Waals surface area contributed by atoms with E-state index in [2.05, 4.69) is 4.98 Å². The van der Waals surface area contributed by atoms with Gasteiger partial charge in [-0.1, -0.05) is 11.6 Å². The topological polar surface area (TPSA) is 96.8 Å². The van der Waals surface area contributed by atoms with Crippen molar-refractivity contribution in [3.63, 3.8) is 0 Å². The lowest BCUT2D eigenvalue weighted by atomic mass is 10.3. The normalized spacial score (nSPS) is 21.2. The summed E-state index contributed by atoms with van der Waals surface area (Å²) in [5.41, 5.74) is 0. The minimum absolute atomic E-state index is 0.0219. The van der Waals surface area contributed by atoms with Crippen molar-refractivity contribution in [1.82, 2.24) is 9.29 Å². The van der Waals surface area contributed by atoms with Gasteiger partial charge >= 0.3 is 5.97 Å². The Morgan fingerprint density at radius 2 is 2.32 bits per heavy atom. The van der Waals surface area contributed by atoms with Crippen LogP contribution < -0.4 is 0 Å². The van der Waals surface area contributed by atoms with Crippen LogP contribution >= 0.6 is 11.6 Å². The zero-order valence-corrected chi connectivity index (χ0v) is 11.3. The van der Waals surface area contributed by atoms with Gasteiger partial charge in [0, 0.05) is 12.7 Å². The second-order valence-corrected chi connectivity index (χ2v) is 6.12. The SMILES string of the molecule is O=C(O)C1CN(S(=O)(=O)c2cccnc2Cl)CCO1. The number of carboxylic acids is 1. The van der Waals surface area contributed by atoms with Crippen molar-refractivity contribution >= 4 is 27.6 Å². The first kappa shape index (κ1) is 14.2. The molecule has 1 N–H and O–H groups in total. The van der Waals surface area contributed by atoms with Crippen LogP contribution in [0.3, 0.4) is 0 Å². The predicted molar refractivity (Wildman–Crippen MR) is 65.4 cm³/mol. The van der Waals surface area contributed by atoms with Gasteiger partial charge in [0.2, 0.25) is 10.0 Å². The number of hydrogen-bond donors (Lipinski definition) is 1.